The van der Waals surface area contributed by atoms with E-state index in [0.29, 0.717) is 6.42 Å². The molecular formula is C17H22O7. The van der Waals surface area contributed by atoms with Crippen LogP contribution in [0.15, 0.2) is 18.2 Å². The Balaban J connectivity index is 2.72. The number of rotatable bonds is 7. The second-order valence-corrected chi connectivity index (χ2v) is 6.01. The quantitative estimate of drug-likeness (QED) is 0.602. The molecule has 1 aromatic carbocycles. The predicted molar refractivity (Wildman–Crippen MR) is 85.3 cm³/mol. The molecule has 24 heavy (non-hydrogen) atoms. The van der Waals surface area contributed by atoms with Gasteiger partial charge in [0.05, 0.1) is 19.3 Å². The van der Waals surface area contributed by atoms with E-state index in [-0.39, 0.29) is 35.9 Å². The Bertz CT molecular complexity index is 614. The summed E-state index contributed by atoms with van der Waals surface area (Å²) in [5, 5.41) is 9.16. The van der Waals surface area contributed by atoms with Crippen LogP contribution in [0.4, 0.5) is 0 Å². The van der Waals surface area contributed by atoms with E-state index in [9.17, 15) is 14.4 Å². The molecule has 0 fully saturated rings. The van der Waals surface area contributed by atoms with Crippen molar-refractivity contribution in [1.82, 2.24) is 0 Å². The first kappa shape index (κ1) is 19.5. The number of carboxylic acid groups (broad SMARTS) is 1. The van der Waals surface area contributed by atoms with Gasteiger partial charge in [-0.3, -0.25) is 4.79 Å². The number of carbonyl (C=O) groups excluding carboxylic acids is 2. The van der Waals surface area contributed by atoms with Gasteiger partial charge in [0.1, 0.15) is 16.9 Å². The lowest BCUT2D eigenvalue weighted by Crippen LogP contribution is -2.24. The zero-order chi connectivity index (χ0) is 18.3. The number of carboxylic acids is 1. The lowest BCUT2D eigenvalue weighted by atomic mass is 10.1. The molecule has 0 unspecified atom stereocenters. The Hall–Kier alpha value is -2.57. The fraction of sp³-hybridized carbons (Fsp3) is 0.471. The second-order valence-electron chi connectivity index (χ2n) is 6.01. The molecule has 0 saturated heterocycles. The van der Waals surface area contributed by atoms with Crippen molar-refractivity contribution in [3.63, 3.8) is 0 Å². The Labute approximate surface area is 140 Å². The molecule has 0 spiro atoms. The number of hydrogen-bond acceptors (Lipinski definition) is 6. The lowest BCUT2D eigenvalue weighted by molar-refractivity contribution is -0.155. The van der Waals surface area contributed by atoms with E-state index in [4.69, 9.17) is 14.6 Å². The second kappa shape index (κ2) is 8.33. The van der Waals surface area contributed by atoms with E-state index in [2.05, 4.69) is 4.74 Å². The van der Waals surface area contributed by atoms with Gasteiger partial charge in [0.15, 0.2) is 0 Å². The smallest absolute Gasteiger partial charge is 0.342 e. The summed E-state index contributed by atoms with van der Waals surface area (Å²) >= 11 is 0. The van der Waals surface area contributed by atoms with Gasteiger partial charge in [-0.1, -0.05) is 6.07 Å². The third-order valence-corrected chi connectivity index (χ3v) is 2.85. The van der Waals surface area contributed by atoms with Gasteiger partial charge in [-0.05, 0) is 39.3 Å². The van der Waals surface area contributed by atoms with Crippen LogP contribution in [0.5, 0.6) is 5.75 Å². The predicted octanol–water partition coefficient (Wildman–Crippen LogP) is 2.67. The van der Waals surface area contributed by atoms with Crippen molar-refractivity contribution in [2.24, 2.45) is 0 Å². The molecule has 7 nitrogen and oxygen atoms in total. The van der Waals surface area contributed by atoms with E-state index in [1.54, 1.807) is 20.8 Å². The first-order chi connectivity index (χ1) is 11.2. The molecule has 1 N–H and O–H groups in total. The molecular weight excluding hydrogens is 316 g/mol. The molecule has 0 aromatic heterocycles. The van der Waals surface area contributed by atoms with Gasteiger partial charge in [0.25, 0.3) is 0 Å². The molecule has 7 heteroatoms. The zero-order valence-corrected chi connectivity index (χ0v) is 14.3. The third-order valence-electron chi connectivity index (χ3n) is 2.85. The minimum absolute atomic E-state index is 0.103. The summed E-state index contributed by atoms with van der Waals surface area (Å²) in [5.41, 5.74) is -0.900. The van der Waals surface area contributed by atoms with E-state index in [0.717, 1.165) is 7.11 Å². The zero-order valence-electron chi connectivity index (χ0n) is 14.3. The fourth-order valence-corrected chi connectivity index (χ4v) is 1.93. The van der Waals surface area contributed by atoms with E-state index in [1.165, 1.54) is 18.2 Å². The monoisotopic (exact) mass is 338 g/mol. The highest BCUT2D eigenvalue weighted by Crippen LogP contribution is 2.24. The van der Waals surface area contributed by atoms with Crippen LogP contribution >= 0.6 is 0 Å². The number of carbonyl (C=O) groups is 3. The van der Waals surface area contributed by atoms with Crippen LogP contribution in [0.1, 0.15) is 54.3 Å². The van der Waals surface area contributed by atoms with Gasteiger partial charge in [0, 0.05) is 6.42 Å². The van der Waals surface area contributed by atoms with Crippen LogP contribution in [-0.2, 0) is 14.3 Å². The molecule has 0 radical (unpaired) electrons. The molecule has 0 aliphatic heterocycles. The molecule has 0 heterocycles. The van der Waals surface area contributed by atoms with Crippen molar-refractivity contribution in [3.05, 3.63) is 29.3 Å². The number of benzene rings is 1. The first-order valence-electron chi connectivity index (χ1n) is 7.45. The molecule has 1 rings (SSSR count). The Morgan fingerprint density at radius 1 is 1.17 bits per heavy atom. The summed E-state index contributed by atoms with van der Waals surface area (Å²) in [7, 11) is 1.16. The molecule has 132 valence electrons. The highest BCUT2D eigenvalue weighted by atomic mass is 16.6. The molecule has 0 saturated carbocycles. The van der Waals surface area contributed by atoms with Crippen molar-refractivity contribution < 1.29 is 33.7 Å². The highest BCUT2D eigenvalue weighted by molar-refractivity contribution is 6.04. The summed E-state index contributed by atoms with van der Waals surface area (Å²) in [6, 6.07) is 4.24. The van der Waals surface area contributed by atoms with Crippen LogP contribution in [0.2, 0.25) is 0 Å². The van der Waals surface area contributed by atoms with Crippen LogP contribution in [0, 0.1) is 0 Å². The standard InChI is InChI=1S/C17H22O7/c1-17(2,3)24-13(18)9-6-10-23-12-8-5-7-11(15(19)20)14(12)16(21)22-4/h5,7-8H,6,9-10H2,1-4H3,(H,19,20). The van der Waals surface area contributed by atoms with Crippen molar-refractivity contribution in [1.29, 1.82) is 0 Å². The maximum Gasteiger partial charge on any atom is 0.342 e. The van der Waals surface area contributed by atoms with Crippen molar-refractivity contribution in [2.45, 2.75) is 39.2 Å². The van der Waals surface area contributed by atoms with Crippen LogP contribution in [0.3, 0.4) is 0 Å². The molecule has 0 amide bonds. The Morgan fingerprint density at radius 3 is 2.38 bits per heavy atom. The third kappa shape index (κ3) is 5.91. The largest absolute Gasteiger partial charge is 0.493 e. The van der Waals surface area contributed by atoms with Gasteiger partial charge in [-0.15, -0.1) is 0 Å². The van der Waals surface area contributed by atoms with Gasteiger partial charge in [0.2, 0.25) is 0 Å². The van der Waals surface area contributed by atoms with Crippen molar-refractivity contribution in [3.8, 4) is 5.75 Å². The molecule has 1 aromatic rings. The van der Waals surface area contributed by atoms with Gasteiger partial charge >= 0.3 is 17.9 Å². The number of hydrogen-bond donors (Lipinski definition) is 1. The van der Waals surface area contributed by atoms with E-state index < -0.39 is 17.5 Å². The maximum absolute atomic E-state index is 11.8. The van der Waals surface area contributed by atoms with Crippen LogP contribution < -0.4 is 4.74 Å². The fourth-order valence-electron chi connectivity index (χ4n) is 1.93. The topological polar surface area (TPSA) is 99.1 Å². The van der Waals surface area contributed by atoms with Gasteiger partial charge in [-0.2, -0.15) is 0 Å². The van der Waals surface area contributed by atoms with Crippen LogP contribution in [-0.4, -0.2) is 42.3 Å². The normalized spacial score (nSPS) is 10.8. The van der Waals surface area contributed by atoms with Gasteiger partial charge < -0.3 is 19.3 Å². The minimum atomic E-state index is -1.25. The lowest BCUT2D eigenvalue weighted by Gasteiger charge is -2.19. The Kier molecular flexibility index (Phi) is 6.76. The van der Waals surface area contributed by atoms with E-state index >= 15 is 0 Å². The van der Waals surface area contributed by atoms with E-state index in [1.807, 2.05) is 0 Å². The van der Waals surface area contributed by atoms with Gasteiger partial charge in [-0.25, -0.2) is 9.59 Å². The molecule has 0 atom stereocenters. The van der Waals surface area contributed by atoms with Crippen molar-refractivity contribution in [2.75, 3.05) is 13.7 Å². The van der Waals surface area contributed by atoms with Crippen LogP contribution in [0.25, 0.3) is 0 Å². The first-order valence-corrected chi connectivity index (χ1v) is 7.45. The minimum Gasteiger partial charge on any atom is -0.493 e. The summed E-state index contributed by atoms with van der Waals surface area (Å²) in [6.07, 6.45) is 0.524. The number of ether oxygens (including phenoxy) is 3. The SMILES string of the molecule is COC(=O)c1c(OCCCC(=O)OC(C)(C)C)cccc1C(=O)O. The average Bonchev–Trinajstić information content (AvgIpc) is 2.48. The Morgan fingerprint density at radius 2 is 1.83 bits per heavy atom. The summed E-state index contributed by atoms with van der Waals surface area (Å²) in [4.78, 5) is 34.6. The molecule has 0 aliphatic rings. The summed E-state index contributed by atoms with van der Waals surface area (Å²) < 4.78 is 15.2. The number of aromatic carboxylic acids is 1. The molecule has 0 aliphatic carbocycles. The molecule has 0 bridgehead atoms. The number of esters is 2. The maximum atomic E-state index is 11.8. The highest BCUT2D eigenvalue weighted by Gasteiger charge is 2.22. The summed E-state index contributed by atoms with van der Waals surface area (Å²) in [5.74, 6) is -2.30. The average molecular weight is 338 g/mol. The summed E-state index contributed by atoms with van der Waals surface area (Å²) in [6.45, 7) is 5.47. The number of methoxy groups -OCH3 is 1. The van der Waals surface area contributed by atoms with Crippen molar-refractivity contribution >= 4 is 17.9 Å².